The molecule has 0 unspecified atom stereocenters. The van der Waals surface area contributed by atoms with Gasteiger partial charge in [-0.1, -0.05) is 18.2 Å². The lowest BCUT2D eigenvalue weighted by Crippen LogP contribution is -2.55. The van der Waals surface area contributed by atoms with E-state index in [1.165, 1.54) is 0 Å². The van der Waals surface area contributed by atoms with Gasteiger partial charge in [0.25, 0.3) is 0 Å². The molecule has 1 fully saturated rings. The fraction of sp³-hybridized carbons (Fsp3) is 0.429. The molecule has 0 atom stereocenters. The van der Waals surface area contributed by atoms with Crippen LogP contribution >= 0.6 is 0 Å². The number of carbonyl (C=O) groups excluding carboxylic acids is 1. The molecular weight excluding hydrogens is 244 g/mol. The quantitative estimate of drug-likeness (QED) is 0.780. The molecule has 0 heterocycles. The third kappa shape index (κ3) is 3.24. The summed E-state index contributed by atoms with van der Waals surface area (Å²) in [5.41, 5.74) is 1.14. The van der Waals surface area contributed by atoms with Crippen LogP contribution in [0.15, 0.2) is 24.3 Å². The van der Waals surface area contributed by atoms with E-state index in [0.29, 0.717) is 0 Å². The smallest absolute Gasteiger partial charge is 0.319 e. The first-order chi connectivity index (χ1) is 9.01. The van der Waals surface area contributed by atoms with Crippen molar-refractivity contribution >= 4 is 17.7 Å². The van der Waals surface area contributed by atoms with Gasteiger partial charge in [-0.05, 0) is 37.8 Å². The second-order valence-electron chi connectivity index (χ2n) is 5.10. The van der Waals surface area contributed by atoms with E-state index in [0.717, 1.165) is 30.5 Å². The molecule has 2 amide bonds. The second kappa shape index (κ2) is 5.30. The molecule has 0 radical (unpaired) electrons. The molecule has 5 nitrogen and oxygen atoms in total. The Hall–Kier alpha value is -2.04. The summed E-state index contributed by atoms with van der Waals surface area (Å²) in [6.07, 6.45) is 2.38. The average molecular weight is 262 g/mol. The van der Waals surface area contributed by atoms with Crippen LogP contribution in [0, 0.1) is 6.92 Å². The van der Waals surface area contributed by atoms with Crippen LogP contribution in [0.25, 0.3) is 0 Å². The predicted molar refractivity (Wildman–Crippen MR) is 72.2 cm³/mol. The molecule has 1 aromatic rings. The van der Waals surface area contributed by atoms with Gasteiger partial charge in [-0.3, -0.25) is 4.79 Å². The van der Waals surface area contributed by atoms with Crippen LogP contribution in [0.4, 0.5) is 10.5 Å². The Labute approximate surface area is 112 Å². The van der Waals surface area contributed by atoms with E-state index >= 15 is 0 Å². The molecule has 1 aliphatic carbocycles. The van der Waals surface area contributed by atoms with E-state index in [4.69, 9.17) is 5.11 Å². The highest BCUT2D eigenvalue weighted by Crippen LogP contribution is 2.35. The van der Waals surface area contributed by atoms with Gasteiger partial charge in [-0.25, -0.2) is 4.79 Å². The third-order valence-electron chi connectivity index (χ3n) is 3.57. The zero-order chi connectivity index (χ0) is 13.9. The van der Waals surface area contributed by atoms with Gasteiger partial charge in [-0.2, -0.15) is 0 Å². The van der Waals surface area contributed by atoms with Gasteiger partial charge in [0.05, 0.1) is 12.0 Å². The standard InChI is InChI=1S/C14H18N2O3/c1-10-5-2-3-6-11(10)15-13(19)16-14(7-4-8-14)9-12(17)18/h2-3,5-6H,4,7-9H2,1H3,(H,17,18)(H2,15,16,19). The van der Waals surface area contributed by atoms with Crippen molar-refractivity contribution in [2.75, 3.05) is 5.32 Å². The summed E-state index contributed by atoms with van der Waals surface area (Å²) in [5, 5.41) is 14.5. The molecule has 0 aromatic heterocycles. The number of benzene rings is 1. The first kappa shape index (κ1) is 13.4. The van der Waals surface area contributed by atoms with Crippen molar-refractivity contribution in [1.82, 2.24) is 5.32 Å². The summed E-state index contributed by atoms with van der Waals surface area (Å²) in [6, 6.07) is 7.14. The van der Waals surface area contributed by atoms with Gasteiger partial charge in [-0.15, -0.1) is 0 Å². The number of anilines is 1. The molecule has 1 aromatic carbocycles. The first-order valence-electron chi connectivity index (χ1n) is 6.37. The van der Waals surface area contributed by atoms with Gasteiger partial charge in [0.15, 0.2) is 0 Å². The lowest BCUT2D eigenvalue weighted by molar-refractivity contribution is -0.139. The zero-order valence-corrected chi connectivity index (χ0v) is 10.9. The third-order valence-corrected chi connectivity index (χ3v) is 3.57. The van der Waals surface area contributed by atoms with Crippen LogP contribution in [0.5, 0.6) is 0 Å². The van der Waals surface area contributed by atoms with Crippen molar-refractivity contribution in [1.29, 1.82) is 0 Å². The number of urea groups is 1. The molecule has 0 aliphatic heterocycles. The fourth-order valence-corrected chi connectivity index (χ4v) is 2.35. The Bertz CT molecular complexity index is 495. The highest BCUT2D eigenvalue weighted by atomic mass is 16.4. The first-order valence-corrected chi connectivity index (χ1v) is 6.37. The van der Waals surface area contributed by atoms with Gasteiger partial charge in [0.1, 0.15) is 0 Å². The molecular formula is C14H18N2O3. The van der Waals surface area contributed by atoms with Crippen molar-refractivity contribution in [3.05, 3.63) is 29.8 Å². The molecule has 0 saturated heterocycles. The summed E-state index contributed by atoms with van der Waals surface area (Å²) >= 11 is 0. The summed E-state index contributed by atoms with van der Waals surface area (Å²) in [4.78, 5) is 22.8. The number of aryl methyl sites for hydroxylation is 1. The highest BCUT2D eigenvalue weighted by Gasteiger charge is 2.40. The molecule has 1 saturated carbocycles. The maximum absolute atomic E-state index is 11.9. The van der Waals surface area contributed by atoms with E-state index in [1.807, 2.05) is 31.2 Å². The van der Waals surface area contributed by atoms with Gasteiger partial charge in [0.2, 0.25) is 0 Å². The van der Waals surface area contributed by atoms with Crippen molar-refractivity contribution in [3.63, 3.8) is 0 Å². The minimum Gasteiger partial charge on any atom is -0.481 e. The van der Waals surface area contributed by atoms with Gasteiger partial charge < -0.3 is 15.7 Å². The predicted octanol–water partition coefficient (Wildman–Crippen LogP) is 2.51. The van der Waals surface area contributed by atoms with Crippen LogP contribution in [-0.2, 0) is 4.79 Å². The SMILES string of the molecule is Cc1ccccc1NC(=O)NC1(CC(=O)O)CCC1. The van der Waals surface area contributed by atoms with Crippen molar-refractivity contribution in [3.8, 4) is 0 Å². The van der Waals surface area contributed by atoms with Crippen molar-refractivity contribution in [2.45, 2.75) is 38.1 Å². The van der Waals surface area contributed by atoms with Gasteiger partial charge in [0, 0.05) is 5.69 Å². The molecule has 2 rings (SSSR count). The number of carboxylic acid groups (broad SMARTS) is 1. The second-order valence-corrected chi connectivity index (χ2v) is 5.10. The van der Waals surface area contributed by atoms with Crippen molar-refractivity contribution in [2.24, 2.45) is 0 Å². The lowest BCUT2D eigenvalue weighted by Gasteiger charge is -2.41. The number of aliphatic carboxylic acids is 1. The summed E-state index contributed by atoms with van der Waals surface area (Å²) < 4.78 is 0. The topological polar surface area (TPSA) is 78.4 Å². The molecule has 19 heavy (non-hydrogen) atoms. The molecule has 0 bridgehead atoms. The van der Waals surface area contributed by atoms with Crippen LogP contribution < -0.4 is 10.6 Å². The summed E-state index contributed by atoms with van der Waals surface area (Å²) in [7, 11) is 0. The van der Waals surface area contributed by atoms with Gasteiger partial charge >= 0.3 is 12.0 Å². The summed E-state index contributed by atoms with van der Waals surface area (Å²) in [5.74, 6) is -0.879. The number of hydrogen-bond donors (Lipinski definition) is 3. The number of para-hydroxylation sites is 1. The highest BCUT2D eigenvalue weighted by molar-refractivity contribution is 5.91. The number of carboxylic acids is 1. The Morgan fingerprint density at radius 2 is 2.00 bits per heavy atom. The maximum atomic E-state index is 11.9. The zero-order valence-electron chi connectivity index (χ0n) is 10.9. The Morgan fingerprint density at radius 1 is 1.32 bits per heavy atom. The number of rotatable bonds is 4. The van der Waals surface area contributed by atoms with Crippen LogP contribution in [-0.4, -0.2) is 22.6 Å². The number of nitrogens with one attached hydrogen (secondary N) is 2. The molecule has 3 N–H and O–H groups in total. The number of amides is 2. The molecule has 5 heteroatoms. The normalized spacial score (nSPS) is 16.3. The maximum Gasteiger partial charge on any atom is 0.319 e. The lowest BCUT2D eigenvalue weighted by atomic mass is 9.74. The molecule has 102 valence electrons. The van der Waals surface area contributed by atoms with E-state index in [2.05, 4.69) is 10.6 Å². The van der Waals surface area contributed by atoms with E-state index < -0.39 is 11.5 Å². The Balaban J connectivity index is 1.97. The minimum absolute atomic E-state index is 0.0197. The number of carbonyl (C=O) groups is 2. The van der Waals surface area contributed by atoms with E-state index in [1.54, 1.807) is 0 Å². The van der Waals surface area contributed by atoms with Crippen LogP contribution in [0.2, 0.25) is 0 Å². The number of hydrogen-bond acceptors (Lipinski definition) is 2. The monoisotopic (exact) mass is 262 g/mol. The fourth-order valence-electron chi connectivity index (χ4n) is 2.35. The summed E-state index contributed by atoms with van der Waals surface area (Å²) in [6.45, 7) is 1.91. The molecule has 1 aliphatic rings. The minimum atomic E-state index is -0.879. The Morgan fingerprint density at radius 3 is 2.53 bits per heavy atom. The van der Waals surface area contributed by atoms with Crippen LogP contribution in [0.1, 0.15) is 31.2 Å². The Kier molecular flexibility index (Phi) is 3.74. The van der Waals surface area contributed by atoms with Crippen LogP contribution in [0.3, 0.4) is 0 Å². The average Bonchev–Trinajstić information content (AvgIpc) is 2.28. The largest absolute Gasteiger partial charge is 0.481 e. The van der Waals surface area contributed by atoms with E-state index in [9.17, 15) is 9.59 Å². The van der Waals surface area contributed by atoms with E-state index in [-0.39, 0.29) is 12.5 Å². The molecule has 0 spiro atoms. The van der Waals surface area contributed by atoms with Crippen molar-refractivity contribution < 1.29 is 14.7 Å².